The van der Waals surface area contributed by atoms with Crippen LogP contribution in [0.1, 0.15) is 29.5 Å². The van der Waals surface area contributed by atoms with E-state index in [1.165, 1.54) is 17.8 Å². The minimum Gasteiger partial charge on any atom is -0.381 e. The number of rotatable bonds is 1. The Balaban J connectivity index is 2.08. The molecular weight excluding hydrogens is 170 g/mol. The molecule has 1 aromatic rings. The summed E-state index contributed by atoms with van der Waals surface area (Å²) in [5.41, 5.74) is 1.14. The number of thiazole rings is 1. The molecule has 1 aromatic heterocycles. The third-order valence-corrected chi connectivity index (χ3v) is 3.27. The fourth-order valence-corrected chi connectivity index (χ4v) is 2.41. The normalized spacial score (nSPS) is 24.2. The average molecular weight is 183 g/mol. The Morgan fingerprint density at radius 2 is 2.58 bits per heavy atom. The van der Waals surface area contributed by atoms with E-state index in [0.717, 1.165) is 18.9 Å². The van der Waals surface area contributed by atoms with Crippen LogP contribution >= 0.6 is 11.3 Å². The molecule has 1 aliphatic heterocycles. The highest BCUT2D eigenvalue weighted by molar-refractivity contribution is 7.09. The lowest BCUT2D eigenvalue weighted by molar-refractivity contribution is 0.0803. The second kappa shape index (κ2) is 3.54. The molecule has 0 aliphatic carbocycles. The summed E-state index contributed by atoms with van der Waals surface area (Å²) in [5, 5.41) is 3.37. The van der Waals surface area contributed by atoms with Gasteiger partial charge in [-0.3, -0.25) is 0 Å². The van der Waals surface area contributed by atoms with Gasteiger partial charge in [-0.05, 0) is 19.8 Å². The molecule has 66 valence electrons. The summed E-state index contributed by atoms with van der Waals surface area (Å²) in [6.07, 6.45) is 2.43. The summed E-state index contributed by atoms with van der Waals surface area (Å²) >= 11 is 1.76. The van der Waals surface area contributed by atoms with Crippen LogP contribution in [0, 0.1) is 6.92 Å². The van der Waals surface area contributed by atoms with Crippen molar-refractivity contribution < 1.29 is 4.74 Å². The average Bonchev–Trinajstić information content (AvgIpc) is 2.54. The molecule has 0 aromatic carbocycles. The predicted molar refractivity (Wildman–Crippen MR) is 49.6 cm³/mol. The van der Waals surface area contributed by atoms with Crippen molar-refractivity contribution in [3.8, 4) is 0 Å². The Kier molecular flexibility index (Phi) is 2.42. The number of aromatic nitrogens is 1. The number of aryl methyl sites for hydroxylation is 1. The first kappa shape index (κ1) is 8.20. The van der Waals surface area contributed by atoms with Crippen LogP contribution < -0.4 is 0 Å². The molecule has 2 rings (SSSR count). The zero-order chi connectivity index (χ0) is 8.39. The Morgan fingerprint density at radius 1 is 1.67 bits per heavy atom. The van der Waals surface area contributed by atoms with Crippen LogP contribution in [0.5, 0.6) is 0 Å². The summed E-state index contributed by atoms with van der Waals surface area (Å²) in [4.78, 5) is 4.47. The third kappa shape index (κ3) is 1.67. The summed E-state index contributed by atoms with van der Waals surface area (Å²) < 4.78 is 5.41. The molecule has 0 spiro atoms. The highest BCUT2D eigenvalue weighted by atomic mass is 32.1. The van der Waals surface area contributed by atoms with Gasteiger partial charge in [0.1, 0.15) is 0 Å². The van der Waals surface area contributed by atoms with Crippen molar-refractivity contribution in [2.75, 3.05) is 13.2 Å². The van der Waals surface area contributed by atoms with E-state index in [2.05, 4.69) is 10.4 Å². The van der Waals surface area contributed by atoms with Gasteiger partial charge in [-0.1, -0.05) is 0 Å². The Hall–Kier alpha value is -0.410. The Morgan fingerprint density at radius 3 is 3.17 bits per heavy atom. The molecule has 1 aliphatic rings. The van der Waals surface area contributed by atoms with Crippen LogP contribution in [0.25, 0.3) is 0 Å². The monoisotopic (exact) mass is 183 g/mol. The lowest BCUT2D eigenvalue weighted by Gasteiger charge is -2.19. The molecule has 2 nitrogen and oxygen atoms in total. The molecule has 2 heterocycles. The van der Waals surface area contributed by atoms with Crippen LogP contribution in [0.15, 0.2) is 5.38 Å². The molecule has 1 atom stereocenters. The van der Waals surface area contributed by atoms with Gasteiger partial charge in [0.2, 0.25) is 0 Å². The van der Waals surface area contributed by atoms with E-state index in [0.29, 0.717) is 5.92 Å². The van der Waals surface area contributed by atoms with Crippen molar-refractivity contribution in [1.29, 1.82) is 0 Å². The molecule has 0 saturated carbocycles. The highest BCUT2D eigenvalue weighted by Crippen LogP contribution is 2.27. The first-order valence-corrected chi connectivity index (χ1v) is 5.24. The van der Waals surface area contributed by atoms with Gasteiger partial charge in [0.05, 0.1) is 11.6 Å². The van der Waals surface area contributed by atoms with E-state index in [-0.39, 0.29) is 0 Å². The maximum atomic E-state index is 5.41. The van der Waals surface area contributed by atoms with Crippen LogP contribution in [0.2, 0.25) is 0 Å². The molecule has 1 fully saturated rings. The van der Waals surface area contributed by atoms with Crippen molar-refractivity contribution in [2.45, 2.75) is 25.7 Å². The minimum absolute atomic E-state index is 0.567. The summed E-state index contributed by atoms with van der Waals surface area (Å²) in [6.45, 7) is 3.84. The van der Waals surface area contributed by atoms with E-state index < -0.39 is 0 Å². The quantitative estimate of drug-likeness (QED) is 0.666. The minimum atomic E-state index is 0.567. The first-order chi connectivity index (χ1) is 5.86. The summed E-state index contributed by atoms with van der Waals surface area (Å²) in [6, 6.07) is 0. The van der Waals surface area contributed by atoms with Gasteiger partial charge >= 0.3 is 0 Å². The molecule has 1 saturated heterocycles. The standard InChI is InChI=1S/C9H13NOS/c1-7-6-12-9(10-7)8-3-2-4-11-5-8/h6,8H,2-5H2,1H3. The van der Waals surface area contributed by atoms with Gasteiger partial charge in [-0.2, -0.15) is 0 Å². The van der Waals surface area contributed by atoms with Crippen molar-refractivity contribution in [3.05, 3.63) is 16.1 Å². The lowest BCUT2D eigenvalue weighted by atomic mass is 10.0. The summed E-state index contributed by atoms with van der Waals surface area (Å²) in [7, 11) is 0. The predicted octanol–water partition coefficient (Wildman–Crippen LogP) is 2.35. The Labute approximate surface area is 76.6 Å². The van der Waals surface area contributed by atoms with Crippen LogP contribution in [0.3, 0.4) is 0 Å². The molecule has 0 N–H and O–H groups in total. The third-order valence-electron chi connectivity index (χ3n) is 2.15. The van der Waals surface area contributed by atoms with Gasteiger partial charge in [0, 0.05) is 23.6 Å². The van der Waals surface area contributed by atoms with Gasteiger partial charge in [0.15, 0.2) is 0 Å². The lowest BCUT2D eigenvalue weighted by Crippen LogP contribution is -2.15. The van der Waals surface area contributed by atoms with E-state index in [1.54, 1.807) is 11.3 Å². The van der Waals surface area contributed by atoms with Crippen LogP contribution in [-0.4, -0.2) is 18.2 Å². The SMILES string of the molecule is Cc1csc(C2CCCOC2)n1. The molecular formula is C9H13NOS. The smallest absolute Gasteiger partial charge is 0.0982 e. The maximum Gasteiger partial charge on any atom is 0.0982 e. The number of hydrogen-bond acceptors (Lipinski definition) is 3. The van der Waals surface area contributed by atoms with E-state index in [9.17, 15) is 0 Å². The Bertz CT molecular complexity index is 253. The van der Waals surface area contributed by atoms with Crippen molar-refractivity contribution >= 4 is 11.3 Å². The number of nitrogens with zero attached hydrogens (tertiary/aromatic N) is 1. The van der Waals surface area contributed by atoms with Gasteiger partial charge in [0.25, 0.3) is 0 Å². The maximum absolute atomic E-state index is 5.41. The first-order valence-electron chi connectivity index (χ1n) is 4.36. The highest BCUT2D eigenvalue weighted by Gasteiger charge is 2.18. The fourth-order valence-electron chi connectivity index (χ4n) is 1.50. The second-order valence-corrected chi connectivity index (χ2v) is 4.13. The zero-order valence-corrected chi connectivity index (χ0v) is 8.06. The van der Waals surface area contributed by atoms with Gasteiger partial charge < -0.3 is 4.74 Å². The fraction of sp³-hybridized carbons (Fsp3) is 0.667. The van der Waals surface area contributed by atoms with E-state index >= 15 is 0 Å². The molecule has 1 unspecified atom stereocenters. The second-order valence-electron chi connectivity index (χ2n) is 3.24. The van der Waals surface area contributed by atoms with Crippen LogP contribution in [0.4, 0.5) is 0 Å². The molecule has 3 heteroatoms. The zero-order valence-electron chi connectivity index (χ0n) is 7.25. The molecule has 12 heavy (non-hydrogen) atoms. The topological polar surface area (TPSA) is 22.1 Å². The molecule has 0 bridgehead atoms. The molecule has 0 radical (unpaired) electrons. The van der Waals surface area contributed by atoms with E-state index in [4.69, 9.17) is 4.74 Å². The van der Waals surface area contributed by atoms with Crippen molar-refractivity contribution in [1.82, 2.24) is 4.98 Å². The number of ether oxygens (including phenoxy) is 1. The largest absolute Gasteiger partial charge is 0.381 e. The summed E-state index contributed by atoms with van der Waals surface area (Å²) in [5.74, 6) is 0.567. The van der Waals surface area contributed by atoms with Gasteiger partial charge in [-0.15, -0.1) is 11.3 Å². The van der Waals surface area contributed by atoms with Crippen molar-refractivity contribution in [2.24, 2.45) is 0 Å². The molecule has 0 amide bonds. The van der Waals surface area contributed by atoms with Crippen LogP contribution in [-0.2, 0) is 4.74 Å². The van der Waals surface area contributed by atoms with Crippen molar-refractivity contribution in [3.63, 3.8) is 0 Å². The van der Waals surface area contributed by atoms with E-state index in [1.807, 2.05) is 6.92 Å². The van der Waals surface area contributed by atoms with Gasteiger partial charge in [-0.25, -0.2) is 4.98 Å². The number of hydrogen-bond donors (Lipinski definition) is 0.